The van der Waals surface area contributed by atoms with Crippen molar-refractivity contribution in [3.63, 3.8) is 0 Å². The lowest BCUT2D eigenvalue weighted by atomic mass is 9.99. The monoisotopic (exact) mass is 415 g/mol. The normalized spacial score (nSPS) is 24.1. The van der Waals surface area contributed by atoms with Gasteiger partial charge in [0.25, 0.3) is 5.91 Å². The van der Waals surface area contributed by atoms with E-state index >= 15 is 0 Å². The first-order chi connectivity index (χ1) is 12.4. The fourth-order valence-corrected chi connectivity index (χ4v) is 5.29. The fraction of sp³-hybridized carbons (Fsp3) is 0.632. The van der Waals surface area contributed by atoms with Crippen molar-refractivity contribution in [2.75, 3.05) is 19.6 Å². The van der Waals surface area contributed by atoms with Crippen molar-refractivity contribution in [1.29, 1.82) is 0 Å². The molecular weight excluding hydrogens is 386 g/mol. The Morgan fingerprint density at radius 3 is 2.56 bits per heavy atom. The van der Waals surface area contributed by atoms with Crippen LogP contribution in [0.1, 0.15) is 54.9 Å². The van der Waals surface area contributed by atoms with E-state index in [2.05, 4.69) is 17.6 Å². The van der Waals surface area contributed by atoms with E-state index in [0.717, 1.165) is 44.2 Å². The van der Waals surface area contributed by atoms with Crippen LogP contribution in [0, 0.1) is 6.92 Å². The second-order valence-electron chi connectivity index (χ2n) is 7.41. The van der Waals surface area contributed by atoms with Gasteiger partial charge in [0.2, 0.25) is 10.0 Å². The van der Waals surface area contributed by atoms with Gasteiger partial charge in [-0.3, -0.25) is 4.79 Å². The summed E-state index contributed by atoms with van der Waals surface area (Å²) in [6.45, 7) is 5.99. The van der Waals surface area contributed by atoms with Crippen molar-refractivity contribution >= 4 is 28.3 Å². The summed E-state index contributed by atoms with van der Waals surface area (Å²) in [5.74, 6) is -0.196. The van der Waals surface area contributed by atoms with Crippen LogP contribution in [-0.4, -0.2) is 50.3 Å². The molecule has 27 heavy (non-hydrogen) atoms. The van der Waals surface area contributed by atoms with Crippen LogP contribution in [0.3, 0.4) is 0 Å². The van der Waals surface area contributed by atoms with Crippen molar-refractivity contribution in [2.45, 2.75) is 62.9 Å². The average molecular weight is 416 g/mol. The van der Waals surface area contributed by atoms with Gasteiger partial charge in [0.05, 0.1) is 4.90 Å². The van der Waals surface area contributed by atoms with Crippen LogP contribution in [0.15, 0.2) is 23.1 Å². The Kier molecular flexibility index (Phi) is 7.68. The maximum atomic E-state index is 12.9. The molecule has 0 radical (unpaired) electrons. The molecule has 0 aliphatic carbocycles. The standard InChI is InChI=1S/C19H29N3O3S.ClH/c1-14-8-9-16(26(24,25)22-11-4-3-5-12-22)13-17(14)19(23)21-18-7-6-10-20-15(18)2;/h8-9,13,15,18,20H,3-7,10-12H2,1-2H3,(H,21,23);1H. The largest absolute Gasteiger partial charge is 0.348 e. The van der Waals surface area contributed by atoms with Crippen LogP contribution in [0.25, 0.3) is 0 Å². The highest BCUT2D eigenvalue weighted by molar-refractivity contribution is 7.89. The number of aryl methyl sites for hydroxylation is 1. The van der Waals surface area contributed by atoms with Gasteiger partial charge >= 0.3 is 0 Å². The molecule has 0 aromatic heterocycles. The number of nitrogens with one attached hydrogen (secondary N) is 2. The maximum Gasteiger partial charge on any atom is 0.251 e. The summed E-state index contributed by atoms with van der Waals surface area (Å²) >= 11 is 0. The zero-order valence-electron chi connectivity index (χ0n) is 16.0. The average Bonchev–Trinajstić information content (AvgIpc) is 2.64. The first kappa shape index (κ1) is 22.1. The van der Waals surface area contributed by atoms with Gasteiger partial charge in [0.15, 0.2) is 0 Å². The molecule has 3 rings (SSSR count). The molecule has 0 saturated carbocycles. The van der Waals surface area contributed by atoms with Gasteiger partial charge in [-0.15, -0.1) is 12.4 Å². The molecule has 2 heterocycles. The molecule has 6 nitrogen and oxygen atoms in total. The molecule has 1 amide bonds. The predicted molar refractivity (Wildman–Crippen MR) is 109 cm³/mol. The molecule has 0 bridgehead atoms. The number of benzene rings is 1. The third-order valence-corrected chi connectivity index (χ3v) is 7.38. The zero-order valence-corrected chi connectivity index (χ0v) is 17.7. The lowest BCUT2D eigenvalue weighted by molar-refractivity contribution is 0.0919. The van der Waals surface area contributed by atoms with Crippen molar-refractivity contribution in [2.24, 2.45) is 0 Å². The smallest absolute Gasteiger partial charge is 0.251 e. The minimum atomic E-state index is -3.54. The molecule has 2 aliphatic heterocycles. The van der Waals surface area contributed by atoms with Gasteiger partial charge in [0, 0.05) is 30.7 Å². The number of piperidine rings is 2. The summed E-state index contributed by atoms with van der Waals surface area (Å²) in [7, 11) is -3.54. The SMILES string of the molecule is Cc1ccc(S(=O)(=O)N2CCCCC2)cc1C(=O)NC1CCCNC1C.Cl. The van der Waals surface area contributed by atoms with Gasteiger partial charge < -0.3 is 10.6 Å². The van der Waals surface area contributed by atoms with Crippen LogP contribution < -0.4 is 10.6 Å². The molecule has 152 valence electrons. The first-order valence-corrected chi connectivity index (χ1v) is 11.0. The van der Waals surface area contributed by atoms with Crippen molar-refractivity contribution in [3.8, 4) is 0 Å². The Labute approximate surface area is 168 Å². The molecular formula is C19H30ClN3O3S. The third-order valence-electron chi connectivity index (χ3n) is 5.48. The number of sulfonamides is 1. The molecule has 1 aromatic rings. The zero-order chi connectivity index (χ0) is 18.7. The molecule has 2 saturated heterocycles. The summed E-state index contributed by atoms with van der Waals surface area (Å²) < 4.78 is 27.3. The number of nitrogens with zero attached hydrogens (tertiary/aromatic N) is 1. The molecule has 2 unspecified atom stereocenters. The van der Waals surface area contributed by atoms with Gasteiger partial charge in [-0.1, -0.05) is 12.5 Å². The molecule has 2 fully saturated rings. The van der Waals surface area contributed by atoms with Crippen LogP contribution in [-0.2, 0) is 10.0 Å². The Bertz CT molecular complexity index is 763. The molecule has 1 aromatic carbocycles. The van der Waals surface area contributed by atoms with Crippen LogP contribution >= 0.6 is 12.4 Å². The molecule has 0 spiro atoms. The van der Waals surface area contributed by atoms with Crippen molar-refractivity contribution < 1.29 is 13.2 Å². The number of hydrogen-bond donors (Lipinski definition) is 2. The van der Waals surface area contributed by atoms with E-state index in [1.54, 1.807) is 12.1 Å². The molecule has 8 heteroatoms. The number of carbonyl (C=O) groups excluding carboxylic acids is 1. The quantitative estimate of drug-likeness (QED) is 0.791. The van der Waals surface area contributed by atoms with E-state index in [1.807, 2.05) is 6.92 Å². The Balaban J connectivity index is 0.00000261. The third kappa shape index (κ3) is 5.02. The molecule has 2 atom stereocenters. The lowest BCUT2D eigenvalue weighted by Gasteiger charge is -2.31. The maximum absolute atomic E-state index is 12.9. The highest BCUT2D eigenvalue weighted by Gasteiger charge is 2.28. The van der Waals surface area contributed by atoms with E-state index < -0.39 is 10.0 Å². The summed E-state index contributed by atoms with van der Waals surface area (Å²) in [6.07, 6.45) is 4.82. The van der Waals surface area contributed by atoms with E-state index in [1.165, 1.54) is 10.4 Å². The van der Waals surface area contributed by atoms with Crippen LogP contribution in [0.2, 0.25) is 0 Å². The van der Waals surface area contributed by atoms with E-state index in [0.29, 0.717) is 18.7 Å². The van der Waals surface area contributed by atoms with Crippen LogP contribution in [0.4, 0.5) is 0 Å². The van der Waals surface area contributed by atoms with Crippen molar-refractivity contribution in [1.82, 2.24) is 14.9 Å². The number of rotatable bonds is 4. The highest BCUT2D eigenvalue weighted by Crippen LogP contribution is 2.23. The Hall–Kier alpha value is -1.15. The fourth-order valence-electron chi connectivity index (χ4n) is 3.75. The predicted octanol–water partition coefficient (Wildman–Crippen LogP) is 2.46. The number of amides is 1. The number of carbonyl (C=O) groups is 1. The highest BCUT2D eigenvalue weighted by atomic mass is 35.5. The topological polar surface area (TPSA) is 78.5 Å². The van der Waals surface area contributed by atoms with Gasteiger partial charge in [-0.25, -0.2) is 8.42 Å². The van der Waals surface area contributed by atoms with Gasteiger partial charge in [0.1, 0.15) is 0 Å². The van der Waals surface area contributed by atoms with E-state index in [-0.39, 0.29) is 35.3 Å². The summed E-state index contributed by atoms with van der Waals surface area (Å²) in [6, 6.07) is 5.16. The van der Waals surface area contributed by atoms with Crippen molar-refractivity contribution in [3.05, 3.63) is 29.3 Å². The Morgan fingerprint density at radius 2 is 1.89 bits per heavy atom. The summed E-state index contributed by atoms with van der Waals surface area (Å²) in [4.78, 5) is 13.0. The second-order valence-corrected chi connectivity index (χ2v) is 9.34. The minimum Gasteiger partial charge on any atom is -0.348 e. The molecule has 2 aliphatic rings. The second kappa shape index (κ2) is 9.37. The number of hydrogen-bond acceptors (Lipinski definition) is 4. The summed E-state index contributed by atoms with van der Waals surface area (Å²) in [5.41, 5.74) is 1.23. The Morgan fingerprint density at radius 1 is 1.19 bits per heavy atom. The molecule has 2 N–H and O–H groups in total. The summed E-state index contributed by atoms with van der Waals surface area (Å²) in [5, 5.41) is 6.44. The van der Waals surface area contributed by atoms with Gasteiger partial charge in [-0.05, 0) is 63.8 Å². The first-order valence-electron chi connectivity index (χ1n) is 9.54. The van der Waals surface area contributed by atoms with Crippen LogP contribution in [0.5, 0.6) is 0 Å². The van der Waals surface area contributed by atoms with Gasteiger partial charge in [-0.2, -0.15) is 4.31 Å². The van der Waals surface area contributed by atoms with E-state index in [9.17, 15) is 13.2 Å². The number of halogens is 1. The lowest BCUT2D eigenvalue weighted by Crippen LogP contribution is -2.52. The van der Waals surface area contributed by atoms with E-state index in [4.69, 9.17) is 0 Å². The minimum absolute atomic E-state index is 0.